The van der Waals surface area contributed by atoms with E-state index in [0.717, 1.165) is 17.7 Å². The van der Waals surface area contributed by atoms with Crippen molar-refractivity contribution in [2.24, 2.45) is 0 Å². The summed E-state index contributed by atoms with van der Waals surface area (Å²) in [6, 6.07) is 11.9. The molecule has 0 saturated heterocycles. The van der Waals surface area contributed by atoms with Crippen LogP contribution in [-0.2, 0) is 17.9 Å². The van der Waals surface area contributed by atoms with E-state index in [2.05, 4.69) is 31.5 Å². The zero-order valence-electron chi connectivity index (χ0n) is 15.5. The number of rotatable bonds is 6. The number of carbonyl (C=O) groups is 1. The van der Waals surface area contributed by atoms with Crippen molar-refractivity contribution in [2.75, 3.05) is 27.3 Å². The average molecular weight is 388 g/mol. The summed E-state index contributed by atoms with van der Waals surface area (Å²) >= 11 is 6.21. The number of benzene rings is 2. The van der Waals surface area contributed by atoms with Crippen molar-refractivity contribution in [1.82, 2.24) is 5.32 Å². The van der Waals surface area contributed by atoms with E-state index in [1.54, 1.807) is 12.1 Å². The Labute approximate surface area is 164 Å². The van der Waals surface area contributed by atoms with Gasteiger partial charge in [0.25, 0.3) is 0 Å². The van der Waals surface area contributed by atoms with Gasteiger partial charge in [-0.3, -0.25) is 4.79 Å². The van der Waals surface area contributed by atoms with E-state index < -0.39 is 0 Å². The predicted octanol–water partition coefficient (Wildman–Crippen LogP) is 2.09. The number of fused-ring (bicyclic) bond motifs is 1. The highest BCUT2D eigenvalue weighted by Crippen LogP contribution is 2.38. The van der Waals surface area contributed by atoms with Crippen LogP contribution in [0.25, 0.3) is 6.08 Å². The molecule has 0 aliphatic carbocycles. The van der Waals surface area contributed by atoms with Crippen LogP contribution in [0.2, 0.25) is 5.02 Å². The molecule has 0 bridgehead atoms. The van der Waals surface area contributed by atoms with Crippen LogP contribution in [0.4, 0.5) is 0 Å². The molecule has 142 valence electrons. The molecular formula is C21H24ClN2O3+. The lowest BCUT2D eigenvalue weighted by molar-refractivity contribution is -0.872. The van der Waals surface area contributed by atoms with Crippen molar-refractivity contribution in [3.8, 4) is 11.5 Å². The maximum absolute atomic E-state index is 12.1. The molecular weight excluding hydrogens is 364 g/mol. The molecule has 0 aromatic heterocycles. The zero-order valence-corrected chi connectivity index (χ0v) is 16.3. The van der Waals surface area contributed by atoms with E-state index >= 15 is 0 Å². The van der Waals surface area contributed by atoms with Gasteiger partial charge in [-0.15, -0.1) is 0 Å². The van der Waals surface area contributed by atoms with E-state index in [-0.39, 0.29) is 5.91 Å². The molecule has 0 spiro atoms. The third-order valence-electron chi connectivity index (χ3n) is 4.09. The standard InChI is InChI=1S/C21H23ClN2O3/c1-24(2)14-16-5-3-15(4-6-16)13-23-20(25)8-7-17-11-18(22)21-19(12-17)26-9-10-27-21/h3-8,11-12H,9-10,13-14H2,1-2H3,(H,23,25)/p+1/b8-7+. The summed E-state index contributed by atoms with van der Waals surface area (Å²) in [5.74, 6) is 1.00. The second-order valence-corrected chi connectivity index (χ2v) is 7.19. The van der Waals surface area contributed by atoms with Crippen LogP contribution in [-0.4, -0.2) is 33.2 Å². The summed E-state index contributed by atoms with van der Waals surface area (Å²) in [4.78, 5) is 13.5. The fraction of sp³-hybridized carbons (Fsp3) is 0.286. The van der Waals surface area contributed by atoms with Crippen LogP contribution < -0.4 is 19.7 Å². The molecule has 0 fully saturated rings. The molecule has 0 unspecified atom stereocenters. The Balaban J connectivity index is 1.55. The highest BCUT2D eigenvalue weighted by Gasteiger charge is 2.15. The highest BCUT2D eigenvalue weighted by molar-refractivity contribution is 6.32. The number of amides is 1. The Morgan fingerprint density at radius 3 is 2.59 bits per heavy atom. The van der Waals surface area contributed by atoms with Crippen LogP contribution in [0, 0.1) is 0 Å². The van der Waals surface area contributed by atoms with Crippen LogP contribution >= 0.6 is 11.6 Å². The largest absolute Gasteiger partial charge is 0.486 e. The van der Waals surface area contributed by atoms with Gasteiger partial charge in [0.15, 0.2) is 11.5 Å². The molecule has 2 N–H and O–H groups in total. The van der Waals surface area contributed by atoms with E-state index in [1.165, 1.54) is 16.5 Å². The zero-order chi connectivity index (χ0) is 19.2. The third kappa shape index (κ3) is 5.49. The summed E-state index contributed by atoms with van der Waals surface area (Å²) < 4.78 is 11.0. The van der Waals surface area contributed by atoms with Crippen LogP contribution in [0.1, 0.15) is 16.7 Å². The van der Waals surface area contributed by atoms with E-state index in [4.69, 9.17) is 21.1 Å². The number of ether oxygens (including phenoxy) is 2. The fourth-order valence-electron chi connectivity index (χ4n) is 2.83. The molecule has 1 aliphatic rings. The summed E-state index contributed by atoms with van der Waals surface area (Å²) in [5, 5.41) is 3.37. The number of hydrogen-bond acceptors (Lipinski definition) is 3. The van der Waals surface area contributed by atoms with Crippen LogP contribution in [0.3, 0.4) is 0 Å². The molecule has 0 radical (unpaired) electrons. The Hall–Kier alpha value is -2.50. The molecule has 6 heteroatoms. The maximum atomic E-state index is 12.1. The van der Waals surface area contributed by atoms with Crippen molar-refractivity contribution in [2.45, 2.75) is 13.1 Å². The van der Waals surface area contributed by atoms with Gasteiger partial charge in [0.2, 0.25) is 5.91 Å². The Bertz CT molecular complexity index is 832. The smallest absolute Gasteiger partial charge is 0.244 e. The second-order valence-electron chi connectivity index (χ2n) is 6.78. The molecule has 1 amide bonds. The molecule has 2 aromatic rings. The highest BCUT2D eigenvalue weighted by atomic mass is 35.5. The number of carbonyl (C=O) groups excluding carboxylic acids is 1. The predicted molar refractivity (Wildman–Crippen MR) is 106 cm³/mol. The van der Waals surface area contributed by atoms with E-state index in [9.17, 15) is 4.79 Å². The minimum Gasteiger partial charge on any atom is -0.486 e. The van der Waals surface area contributed by atoms with Gasteiger partial charge in [0.1, 0.15) is 19.8 Å². The normalized spacial score (nSPS) is 13.2. The van der Waals surface area contributed by atoms with Crippen LogP contribution in [0.5, 0.6) is 11.5 Å². The SMILES string of the molecule is C[NH+](C)Cc1ccc(CNC(=O)/C=C/c2cc(Cl)c3c(c2)OCCO3)cc1. The lowest BCUT2D eigenvalue weighted by Crippen LogP contribution is -3.04. The van der Waals surface area contributed by atoms with Crippen molar-refractivity contribution in [3.05, 3.63) is 64.2 Å². The summed E-state index contributed by atoms with van der Waals surface area (Å²) in [5.41, 5.74) is 3.13. The maximum Gasteiger partial charge on any atom is 0.244 e. The van der Waals surface area contributed by atoms with E-state index in [1.807, 2.05) is 18.2 Å². The minimum absolute atomic E-state index is 0.164. The van der Waals surface area contributed by atoms with E-state index in [0.29, 0.717) is 36.3 Å². The summed E-state index contributed by atoms with van der Waals surface area (Å²) in [6.07, 6.45) is 3.20. The summed E-state index contributed by atoms with van der Waals surface area (Å²) in [7, 11) is 4.24. The first-order valence-electron chi connectivity index (χ1n) is 8.93. The quantitative estimate of drug-likeness (QED) is 0.746. The number of halogens is 1. The molecule has 5 nitrogen and oxygen atoms in total. The van der Waals surface area contributed by atoms with Gasteiger partial charge in [-0.25, -0.2) is 0 Å². The first-order chi connectivity index (χ1) is 13.0. The minimum atomic E-state index is -0.164. The first-order valence-corrected chi connectivity index (χ1v) is 9.31. The summed E-state index contributed by atoms with van der Waals surface area (Å²) in [6.45, 7) is 2.45. The molecule has 27 heavy (non-hydrogen) atoms. The van der Waals surface area contributed by atoms with Crippen molar-refractivity contribution < 1.29 is 19.2 Å². The lowest BCUT2D eigenvalue weighted by atomic mass is 10.1. The molecule has 2 aromatic carbocycles. The fourth-order valence-corrected chi connectivity index (χ4v) is 3.10. The molecule has 3 rings (SSSR count). The number of nitrogens with one attached hydrogen (secondary N) is 2. The average Bonchev–Trinajstić information content (AvgIpc) is 2.65. The van der Waals surface area contributed by atoms with Gasteiger partial charge >= 0.3 is 0 Å². The number of hydrogen-bond donors (Lipinski definition) is 2. The van der Waals surface area contributed by atoms with Crippen molar-refractivity contribution in [1.29, 1.82) is 0 Å². The van der Waals surface area contributed by atoms with Gasteiger partial charge in [0, 0.05) is 18.2 Å². The molecule has 1 heterocycles. The monoisotopic (exact) mass is 387 g/mol. The Morgan fingerprint density at radius 1 is 1.15 bits per heavy atom. The third-order valence-corrected chi connectivity index (χ3v) is 4.37. The van der Waals surface area contributed by atoms with Gasteiger partial charge in [0.05, 0.1) is 19.1 Å². The van der Waals surface area contributed by atoms with Gasteiger partial charge in [-0.2, -0.15) is 0 Å². The lowest BCUT2D eigenvalue weighted by Gasteiger charge is -2.19. The van der Waals surface area contributed by atoms with Crippen molar-refractivity contribution >= 4 is 23.6 Å². The van der Waals surface area contributed by atoms with Gasteiger partial charge in [-0.05, 0) is 29.3 Å². The second kappa shape index (κ2) is 8.93. The first kappa shape index (κ1) is 19.3. The molecule has 0 atom stereocenters. The van der Waals surface area contributed by atoms with Crippen LogP contribution in [0.15, 0.2) is 42.5 Å². The Kier molecular flexibility index (Phi) is 6.37. The van der Waals surface area contributed by atoms with Gasteiger partial charge in [-0.1, -0.05) is 35.9 Å². The van der Waals surface area contributed by atoms with Gasteiger partial charge < -0.3 is 19.7 Å². The molecule has 0 saturated carbocycles. The number of quaternary nitrogens is 1. The Morgan fingerprint density at radius 2 is 1.85 bits per heavy atom. The topological polar surface area (TPSA) is 52.0 Å². The molecule has 1 aliphatic heterocycles. The van der Waals surface area contributed by atoms with Crippen molar-refractivity contribution in [3.63, 3.8) is 0 Å².